The van der Waals surface area contributed by atoms with Crippen molar-refractivity contribution in [3.8, 4) is 0 Å². The number of ether oxygens (including phenoxy) is 3. The molecule has 42 heavy (non-hydrogen) atoms. The summed E-state index contributed by atoms with van der Waals surface area (Å²) >= 11 is 0. The molecule has 3 aliphatic heterocycles. The molecule has 8 heteroatoms. The molecule has 0 amide bonds. The van der Waals surface area contributed by atoms with Crippen LogP contribution in [0.2, 0.25) is 0 Å². The second-order valence-electron chi connectivity index (χ2n) is 12.9. The number of carbonyl (C=O) groups excluding carboxylic acids is 2. The zero-order valence-electron chi connectivity index (χ0n) is 25.1. The van der Waals surface area contributed by atoms with Gasteiger partial charge in [0.2, 0.25) is 0 Å². The lowest BCUT2D eigenvalue weighted by Gasteiger charge is -2.28. The van der Waals surface area contributed by atoms with E-state index in [9.17, 15) is 14.7 Å². The van der Waals surface area contributed by atoms with Gasteiger partial charge in [-0.2, -0.15) is 0 Å². The molecule has 5 aliphatic rings. The number of epoxide rings is 1. The zero-order valence-corrected chi connectivity index (χ0v) is 25.1. The summed E-state index contributed by atoms with van der Waals surface area (Å²) in [6, 6.07) is 0. The van der Waals surface area contributed by atoms with Gasteiger partial charge in [0.25, 0.3) is 0 Å². The van der Waals surface area contributed by atoms with Gasteiger partial charge in [-0.1, -0.05) is 32.2 Å². The first-order valence-electron chi connectivity index (χ1n) is 15.7. The molecule has 0 spiro atoms. The van der Waals surface area contributed by atoms with E-state index in [1.165, 1.54) is 11.1 Å². The fourth-order valence-electron chi connectivity index (χ4n) is 6.81. The van der Waals surface area contributed by atoms with Gasteiger partial charge in [0.1, 0.15) is 18.3 Å². The van der Waals surface area contributed by atoms with E-state index in [1.54, 1.807) is 0 Å². The molecule has 228 valence electrons. The van der Waals surface area contributed by atoms with E-state index in [0.717, 1.165) is 70.9 Å². The van der Waals surface area contributed by atoms with Crippen molar-refractivity contribution in [2.45, 2.75) is 108 Å². The third-order valence-electron chi connectivity index (χ3n) is 9.76. The first-order chi connectivity index (χ1) is 20.2. The lowest BCUT2D eigenvalue weighted by atomic mass is 9.82. The highest BCUT2D eigenvalue weighted by Crippen LogP contribution is 2.49. The monoisotopic (exact) mass is 578 g/mol. The Balaban J connectivity index is 1.07. The molecule has 0 saturated carbocycles. The van der Waals surface area contributed by atoms with Gasteiger partial charge in [-0.15, -0.1) is 0 Å². The molecule has 8 atom stereocenters. The van der Waals surface area contributed by atoms with Gasteiger partial charge in [-0.25, -0.2) is 9.59 Å². The molecule has 3 heterocycles. The summed E-state index contributed by atoms with van der Waals surface area (Å²) in [5.41, 5.74) is 3.19. The number of carbonyl (C=O) groups is 2. The SMILES string of the molecule is C=C1C(=O)O[C@@H]2[C@H](O)[C@@H](C)CC/C=C(/C=NCCCCN=C/C3=C/CC[C@@]4(C)O[C@H]4[C@H]4OC(=O)C(=C)[C@@H]4CC3)CC[C@@H]12. The van der Waals surface area contributed by atoms with Crippen molar-refractivity contribution in [1.82, 2.24) is 0 Å². The summed E-state index contributed by atoms with van der Waals surface area (Å²) in [5, 5.41) is 10.7. The molecule has 2 aliphatic carbocycles. The van der Waals surface area contributed by atoms with Gasteiger partial charge >= 0.3 is 11.9 Å². The average Bonchev–Trinajstić information content (AvgIpc) is 3.44. The highest BCUT2D eigenvalue weighted by molar-refractivity contribution is 5.91. The van der Waals surface area contributed by atoms with Crippen LogP contribution in [0.25, 0.3) is 0 Å². The molecular formula is C34H46N2O6. The Bertz CT molecular complexity index is 1200. The Kier molecular flexibility index (Phi) is 9.63. The molecule has 1 N–H and O–H groups in total. The van der Waals surface area contributed by atoms with Crippen LogP contribution in [-0.4, -0.2) is 72.6 Å². The number of fused-ring (bicyclic) bond motifs is 4. The van der Waals surface area contributed by atoms with Crippen LogP contribution in [-0.2, 0) is 23.8 Å². The minimum Gasteiger partial charge on any atom is -0.456 e. The van der Waals surface area contributed by atoms with E-state index < -0.39 is 12.2 Å². The maximum absolute atomic E-state index is 12.2. The number of hydrogen-bond donors (Lipinski definition) is 1. The van der Waals surface area contributed by atoms with Crippen molar-refractivity contribution in [2.24, 2.45) is 27.7 Å². The Labute approximate surface area is 249 Å². The van der Waals surface area contributed by atoms with Crippen molar-refractivity contribution in [3.63, 3.8) is 0 Å². The number of rotatable bonds is 7. The number of allylic oxidation sites excluding steroid dienone is 4. The summed E-state index contributed by atoms with van der Waals surface area (Å²) in [7, 11) is 0. The number of aliphatic hydroxyl groups excluding tert-OH is 1. The smallest absolute Gasteiger partial charge is 0.334 e. The van der Waals surface area contributed by atoms with Gasteiger partial charge in [0.15, 0.2) is 0 Å². The number of aliphatic hydroxyl groups is 1. The zero-order chi connectivity index (χ0) is 29.9. The van der Waals surface area contributed by atoms with Crippen molar-refractivity contribution in [1.29, 1.82) is 0 Å². The maximum atomic E-state index is 12.2. The van der Waals surface area contributed by atoms with Crippen LogP contribution in [0.4, 0.5) is 0 Å². The highest BCUT2D eigenvalue weighted by atomic mass is 16.6. The molecule has 0 aromatic heterocycles. The predicted octanol–water partition coefficient (Wildman–Crippen LogP) is 5.26. The summed E-state index contributed by atoms with van der Waals surface area (Å²) in [6.45, 7) is 13.5. The molecular weight excluding hydrogens is 532 g/mol. The Morgan fingerprint density at radius 2 is 1.45 bits per heavy atom. The van der Waals surface area contributed by atoms with Crippen molar-refractivity contribution >= 4 is 24.4 Å². The lowest BCUT2D eigenvalue weighted by Crippen LogP contribution is -2.36. The third kappa shape index (κ3) is 6.86. The molecule has 0 bridgehead atoms. The van der Waals surface area contributed by atoms with Crippen molar-refractivity contribution in [2.75, 3.05) is 13.1 Å². The van der Waals surface area contributed by atoms with E-state index in [0.29, 0.717) is 17.6 Å². The fraction of sp³-hybridized carbons (Fsp3) is 0.647. The second-order valence-corrected chi connectivity index (χ2v) is 12.9. The van der Waals surface area contributed by atoms with Gasteiger partial charge < -0.3 is 19.3 Å². The number of hydrogen-bond acceptors (Lipinski definition) is 8. The quantitative estimate of drug-likeness (QED) is 0.145. The van der Waals surface area contributed by atoms with Crippen LogP contribution < -0.4 is 0 Å². The Morgan fingerprint density at radius 3 is 2.07 bits per heavy atom. The molecule has 0 aromatic carbocycles. The van der Waals surface area contributed by atoms with Crippen molar-refractivity contribution < 1.29 is 28.9 Å². The average molecular weight is 579 g/mol. The molecule has 0 radical (unpaired) electrons. The van der Waals surface area contributed by atoms with E-state index in [1.807, 2.05) is 19.4 Å². The summed E-state index contributed by atoms with van der Waals surface area (Å²) < 4.78 is 17.1. The summed E-state index contributed by atoms with van der Waals surface area (Å²) in [4.78, 5) is 33.7. The van der Waals surface area contributed by atoms with E-state index in [-0.39, 0.29) is 47.5 Å². The normalized spacial score (nSPS) is 39.9. The van der Waals surface area contributed by atoms with Crippen LogP contribution in [0.3, 0.4) is 0 Å². The van der Waals surface area contributed by atoms with Crippen LogP contribution >= 0.6 is 0 Å². The first-order valence-corrected chi connectivity index (χ1v) is 15.7. The van der Waals surface area contributed by atoms with Crippen LogP contribution in [0, 0.1) is 17.8 Å². The van der Waals surface area contributed by atoms with Crippen LogP contribution in [0.1, 0.15) is 78.1 Å². The number of esters is 2. The second kappa shape index (κ2) is 13.2. The minimum atomic E-state index is -0.662. The van der Waals surface area contributed by atoms with E-state index in [2.05, 4.69) is 37.2 Å². The minimum absolute atomic E-state index is 0.00287. The number of unbranched alkanes of at least 4 members (excludes halogenated alkanes) is 1. The van der Waals surface area contributed by atoms with Crippen LogP contribution in [0.15, 0.2) is 57.6 Å². The highest BCUT2D eigenvalue weighted by Gasteiger charge is 2.61. The van der Waals surface area contributed by atoms with Crippen molar-refractivity contribution in [3.05, 3.63) is 47.6 Å². The lowest BCUT2D eigenvalue weighted by molar-refractivity contribution is -0.146. The fourth-order valence-corrected chi connectivity index (χ4v) is 6.81. The number of nitrogens with zero attached hydrogens (tertiary/aromatic N) is 2. The molecule has 0 unspecified atom stereocenters. The van der Waals surface area contributed by atoms with Gasteiger partial charge in [0.05, 0.1) is 11.7 Å². The van der Waals surface area contributed by atoms with E-state index in [4.69, 9.17) is 19.2 Å². The molecule has 3 fully saturated rings. The maximum Gasteiger partial charge on any atom is 0.334 e. The standard InChI is InChI=1S/C34H46N2O6/c1-21-9-7-10-24(12-14-26-22(2)32(38)40-29(26)28(21)37)19-35-17-5-6-18-36-20-25-11-8-16-34(4)31(42-34)30-27(15-13-25)23(3)33(39)41-30/h10-11,19-21,26-31,37H,2-3,5-9,12-18H2,1,4H3/b24-10+,25-11+,35-19?,36-20?/t21-,26-,27-,28+,29-,30-,31-,34+/m0/s1. The molecule has 5 rings (SSSR count). The topological polar surface area (TPSA) is 110 Å². The van der Waals surface area contributed by atoms with E-state index >= 15 is 0 Å². The number of aliphatic imine (C=N–C) groups is 2. The Morgan fingerprint density at radius 1 is 0.905 bits per heavy atom. The predicted molar refractivity (Wildman–Crippen MR) is 163 cm³/mol. The summed E-state index contributed by atoms with van der Waals surface area (Å²) in [5.74, 6) is -0.774. The summed E-state index contributed by atoms with van der Waals surface area (Å²) in [6.07, 6.45) is 15.6. The molecule has 0 aromatic rings. The van der Waals surface area contributed by atoms with Gasteiger partial charge in [-0.05, 0) is 88.2 Å². The van der Waals surface area contributed by atoms with Gasteiger partial charge in [-0.3, -0.25) is 9.98 Å². The van der Waals surface area contributed by atoms with Gasteiger partial charge in [0, 0.05) is 48.5 Å². The van der Waals surface area contributed by atoms with Crippen LogP contribution in [0.5, 0.6) is 0 Å². The Hall–Kier alpha value is -2.84. The molecule has 3 saturated heterocycles. The first kappa shape index (κ1) is 30.6. The molecule has 8 nitrogen and oxygen atoms in total. The third-order valence-corrected chi connectivity index (χ3v) is 9.76. The largest absolute Gasteiger partial charge is 0.456 e.